The molecule has 1 heterocycles. The number of amides is 1. The van der Waals surface area contributed by atoms with Crippen molar-refractivity contribution in [3.63, 3.8) is 0 Å². The molecule has 1 atom stereocenters. The molecule has 1 fully saturated rings. The summed E-state index contributed by atoms with van der Waals surface area (Å²) in [5, 5.41) is 6.24. The zero-order valence-electron chi connectivity index (χ0n) is 12.5. The van der Waals surface area contributed by atoms with E-state index < -0.39 is 0 Å². The van der Waals surface area contributed by atoms with Gasteiger partial charge in [0.15, 0.2) is 0 Å². The number of furan rings is 1. The summed E-state index contributed by atoms with van der Waals surface area (Å²) in [4.78, 5) is 11.9. The van der Waals surface area contributed by atoms with Gasteiger partial charge in [0.25, 0.3) is 0 Å². The lowest BCUT2D eigenvalue weighted by Crippen LogP contribution is -2.43. The zero-order valence-corrected chi connectivity index (χ0v) is 12.5. The summed E-state index contributed by atoms with van der Waals surface area (Å²) < 4.78 is 5.19. The molecule has 20 heavy (non-hydrogen) atoms. The van der Waals surface area contributed by atoms with Crippen molar-refractivity contribution in [1.29, 1.82) is 0 Å². The fourth-order valence-electron chi connectivity index (χ4n) is 2.71. The first-order valence-corrected chi connectivity index (χ1v) is 7.68. The van der Waals surface area contributed by atoms with E-state index in [0.717, 1.165) is 24.1 Å². The Kier molecular flexibility index (Phi) is 5.65. The highest BCUT2D eigenvalue weighted by Gasteiger charge is 2.20. The standard InChI is InChI=1S/C16H26N2O2/c1-12-5-7-14(8-6-12)10-17-13(2)16(19)18-11-15-4-3-9-20-15/h3-4,9,12-14,17H,5-8,10-11H2,1-2H3,(H,18,19). The van der Waals surface area contributed by atoms with Crippen molar-refractivity contribution in [3.05, 3.63) is 24.2 Å². The summed E-state index contributed by atoms with van der Waals surface area (Å²) in [5.74, 6) is 2.42. The van der Waals surface area contributed by atoms with Crippen molar-refractivity contribution in [3.8, 4) is 0 Å². The van der Waals surface area contributed by atoms with E-state index in [1.165, 1.54) is 25.7 Å². The molecule has 0 radical (unpaired) electrons. The third-order valence-electron chi connectivity index (χ3n) is 4.26. The van der Waals surface area contributed by atoms with Crippen molar-refractivity contribution >= 4 is 5.91 Å². The predicted molar refractivity (Wildman–Crippen MR) is 79.1 cm³/mol. The smallest absolute Gasteiger partial charge is 0.237 e. The van der Waals surface area contributed by atoms with Crippen LogP contribution in [0.3, 0.4) is 0 Å². The third-order valence-corrected chi connectivity index (χ3v) is 4.26. The number of carbonyl (C=O) groups is 1. The second-order valence-electron chi connectivity index (χ2n) is 6.05. The fraction of sp³-hybridized carbons (Fsp3) is 0.688. The molecule has 1 amide bonds. The Morgan fingerprint density at radius 1 is 1.40 bits per heavy atom. The lowest BCUT2D eigenvalue weighted by atomic mass is 9.83. The monoisotopic (exact) mass is 278 g/mol. The summed E-state index contributed by atoms with van der Waals surface area (Å²) >= 11 is 0. The molecule has 2 rings (SSSR count). The molecule has 112 valence electrons. The van der Waals surface area contributed by atoms with Crippen LogP contribution in [0.25, 0.3) is 0 Å². The van der Waals surface area contributed by atoms with Crippen LogP contribution in [0.2, 0.25) is 0 Å². The summed E-state index contributed by atoms with van der Waals surface area (Å²) in [6, 6.07) is 3.54. The minimum atomic E-state index is -0.149. The Morgan fingerprint density at radius 3 is 2.80 bits per heavy atom. The highest BCUT2D eigenvalue weighted by molar-refractivity contribution is 5.81. The second kappa shape index (κ2) is 7.48. The molecule has 1 aliphatic carbocycles. The van der Waals surface area contributed by atoms with E-state index in [1.54, 1.807) is 6.26 Å². The van der Waals surface area contributed by atoms with Crippen LogP contribution in [-0.2, 0) is 11.3 Å². The van der Waals surface area contributed by atoms with Crippen LogP contribution in [0.1, 0.15) is 45.3 Å². The van der Waals surface area contributed by atoms with E-state index in [-0.39, 0.29) is 11.9 Å². The van der Waals surface area contributed by atoms with Gasteiger partial charge in [0.05, 0.1) is 18.8 Å². The van der Waals surface area contributed by atoms with Gasteiger partial charge in [-0.25, -0.2) is 0 Å². The van der Waals surface area contributed by atoms with E-state index >= 15 is 0 Å². The molecule has 1 unspecified atom stereocenters. The number of nitrogens with one attached hydrogen (secondary N) is 2. The average molecular weight is 278 g/mol. The van der Waals surface area contributed by atoms with Gasteiger partial charge in [0.1, 0.15) is 5.76 Å². The molecule has 0 saturated heterocycles. The maximum Gasteiger partial charge on any atom is 0.237 e. The minimum absolute atomic E-state index is 0.0329. The van der Waals surface area contributed by atoms with Gasteiger partial charge >= 0.3 is 0 Å². The Morgan fingerprint density at radius 2 is 2.15 bits per heavy atom. The molecule has 0 aliphatic heterocycles. The van der Waals surface area contributed by atoms with E-state index in [1.807, 2.05) is 19.1 Å². The maximum absolute atomic E-state index is 11.9. The van der Waals surface area contributed by atoms with Gasteiger partial charge in [-0.05, 0) is 50.3 Å². The fourth-order valence-corrected chi connectivity index (χ4v) is 2.71. The highest BCUT2D eigenvalue weighted by Crippen LogP contribution is 2.27. The van der Waals surface area contributed by atoms with Crippen LogP contribution in [0, 0.1) is 11.8 Å². The van der Waals surface area contributed by atoms with E-state index in [4.69, 9.17) is 4.42 Å². The molecule has 0 bridgehead atoms. The molecule has 1 saturated carbocycles. The van der Waals surface area contributed by atoms with Crippen LogP contribution in [-0.4, -0.2) is 18.5 Å². The SMILES string of the molecule is CC1CCC(CNC(C)C(=O)NCc2ccco2)CC1. The van der Waals surface area contributed by atoms with Crippen LogP contribution < -0.4 is 10.6 Å². The molecule has 0 spiro atoms. The number of hydrogen-bond acceptors (Lipinski definition) is 3. The van der Waals surface area contributed by atoms with E-state index in [2.05, 4.69) is 17.6 Å². The van der Waals surface area contributed by atoms with Crippen LogP contribution in [0.5, 0.6) is 0 Å². The average Bonchev–Trinajstić information content (AvgIpc) is 2.97. The molecular formula is C16H26N2O2. The van der Waals surface area contributed by atoms with Crippen molar-refractivity contribution in [2.45, 2.75) is 52.1 Å². The van der Waals surface area contributed by atoms with Gasteiger partial charge in [-0.1, -0.05) is 19.8 Å². The van der Waals surface area contributed by atoms with Crippen LogP contribution >= 0.6 is 0 Å². The third kappa shape index (κ3) is 4.67. The summed E-state index contributed by atoms with van der Waals surface area (Å²) in [6.07, 6.45) is 6.84. The van der Waals surface area contributed by atoms with Crippen molar-refractivity contribution < 1.29 is 9.21 Å². The predicted octanol–water partition coefficient (Wildman–Crippen LogP) is 2.70. The van der Waals surface area contributed by atoms with Crippen molar-refractivity contribution in [1.82, 2.24) is 10.6 Å². The molecule has 4 nitrogen and oxygen atoms in total. The number of carbonyl (C=O) groups excluding carboxylic acids is 1. The molecule has 1 aromatic heterocycles. The highest BCUT2D eigenvalue weighted by atomic mass is 16.3. The molecule has 1 aromatic rings. The van der Waals surface area contributed by atoms with Crippen molar-refractivity contribution in [2.24, 2.45) is 11.8 Å². The summed E-state index contributed by atoms with van der Waals surface area (Å²) in [5.41, 5.74) is 0. The Bertz CT molecular complexity index is 395. The number of rotatable bonds is 6. The second-order valence-corrected chi connectivity index (χ2v) is 6.05. The van der Waals surface area contributed by atoms with Gasteiger partial charge in [0.2, 0.25) is 5.91 Å². The van der Waals surface area contributed by atoms with Gasteiger partial charge in [-0.2, -0.15) is 0 Å². The normalized spacial score (nSPS) is 24.3. The minimum Gasteiger partial charge on any atom is -0.467 e. The quantitative estimate of drug-likeness (QED) is 0.841. The van der Waals surface area contributed by atoms with Gasteiger partial charge in [-0.3, -0.25) is 4.79 Å². The summed E-state index contributed by atoms with van der Waals surface area (Å²) in [6.45, 7) is 5.65. The molecule has 0 aromatic carbocycles. The number of hydrogen-bond donors (Lipinski definition) is 2. The summed E-state index contributed by atoms with van der Waals surface area (Å²) in [7, 11) is 0. The topological polar surface area (TPSA) is 54.3 Å². The molecule has 4 heteroatoms. The first-order chi connectivity index (χ1) is 9.65. The van der Waals surface area contributed by atoms with Gasteiger partial charge < -0.3 is 15.1 Å². The van der Waals surface area contributed by atoms with E-state index in [0.29, 0.717) is 6.54 Å². The maximum atomic E-state index is 11.9. The lowest BCUT2D eigenvalue weighted by molar-refractivity contribution is -0.123. The Labute approximate surface area is 121 Å². The first kappa shape index (κ1) is 15.1. The lowest BCUT2D eigenvalue weighted by Gasteiger charge is -2.27. The molecule has 2 N–H and O–H groups in total. The van der Waals surface area contributed by atoms with Gasteiger partial charge in [0, 0.05) is 0 Å². The van der Waals surface area contributed by atoms with Gasteiger partial charge in [-0.15, -0.1) is 0 Å². The zero-order chi connectivity index (χ0) is 14.4. The Balaban J connectivity index is 1.63. The van der Waals surface area contributed by atoms with Crippen LogP contribution in [0.15, 0.2) is 22.8 Å². The largest absolute Gasteiger partial charge is 0.467 e. The molecular weight excluding hydrogens is 252 g/mol. The first-order valence-electron chi connectivity index (χ1n) is 7.68. The van der Waals surface area contributed by atoms with Crippen LogP contribution in [0.4, 0.5) is 0 Å². The molecule has 1 aliphatic rings. The Hall–Kier alpha value is -1.29. The van der Waals surface area contributed by atoms with E-state index in [9.17, 15) is 4.79 Å². The van der Waals surface area contributed by atoms with Crippen molar-refractivity contribution in [2.75, 3.05) is 6.54 Å².